The molecule has 0 spiro atoms. The highest BCUT2D eigenvalue weighted by Crippen LogP contribution is 2.13. The highest BCUT2D eigenvalue weighted by molar-refractivity contribution is 5.91. The molecular formula is C14H23N3O3. The van der Waals surface area contributed by atoms with Crippen LogP contribution in [0.25, 0.3) is 0 Å². The van der Waals surface area contributed by atoms with E-state index in [0.29, 0.717) is 18.8 Å². The second-order valence-corrected chi connectivity index (χ2v) is 4.90. The number of likely N-dealkylation sites (N-methyl/N-ethyl adjacent to an activating group) is 1. The van der Waals surface area contributed by atoms with Gasteiger partial charge in [0.2, 0.25) is 0 Å². The Bertz CT molecular complexity index is 427. The number of amides is 1. The molecule has 0 atom stereocenters. The topological polar surface area (TPSA) is 69.0 Å². The van der Waals surface area contributed by atoms with Crippen molar-refractivity contribution < 1.29 is 14.3 Å². The third-order valence-electron chi connectivity index (χ3n) is 3.52. The fourth-order valence-electron chi connectivity index (χ4n) is 2.31. The van der Waals surface area contributed by atoms with Gasteiger partial charge in [0.15, 0.2) is 5.76 Å². The smallest absolute Gasteiger partial charge is 0.289 e. The largest absolute Gasteiger partial charge is 0.455 e. The second kappa shape index (κ2) is 7.42. The summed E-state index contributed by atoms with van der Waals surface area (Å²) >= 11 is 0. The SMILES string of the molecule is CCN(CCO)Cc1ccc(C(=O)N2CCNCC2)o1. The van der Waals surface area contributed by atoms with Crippen LogP contribution in [0.1, 0.15) is 23.2 Å². The summed E-state index contributed by atoms with van der Waals surface area (Å²) in [7, 11) is 0. The molecule has 20 heavy (non-hydrogen) atoms. The number of nitrogens with zero attached hydrogens (tertiary/aromatic N) is 2. The van der Waals surface area contributed by atoms with E-state index in [2.05, 4.69) is 10.2 Å². The van der Waals surface area contributed by atoms with Crippen molar-refractivity contribution in [2.75, 3.05) is 45.9 Å². The summed E-state index contributed by atoms with van der Waals surface area (Å²) in [6.45, 7) is 7.33. The Kier molecular flexibility index (Phi) is 5.58. The van der Waals surface area contributed by atoms with Gasteiger partial charge in [0.05, 0.1) is 13.2 Å². The van der Waals surface area contributed by atoms with E-state index in [4.69, 9.17) is 9.52 Å². The molecule has 1 fully saturated rings. The number of rotatable bonds is 6. The molecule has 0 radical (unpaired) electrons. The zero-order valence-corrected chi connectivity index (χ0v) is 12.0. The molecule has 1 aliphatic heterocycles. The van der Waals surface area contributed by atoms with Crippen LogP contribution in [0, 0.1) is 0 Å². The Labute approximate surface area is 119 Å². The molecule has 2 N–H and O–H groups in total. The van der Waals surface area contributed by atoms with E-state index in [1.54, 1.807) is 6.07 Å². The van der Waals surface area contributed by atoms with E-state index in [-0.39, 0.29) is 12.5 Å². The van der Waals surface area contributed by atoms with Gasteiger partial charge in [-0.2, -0.15) is 0 Å². The number of hydrogen-bond acceptors (Lipinski definition) is 5. The average Bonchev–Trinajstić information content (AvgIpc) is 2.95. The normalized spacial score (nSPS) is 15.8. The van der Waals surface area contributed by atoms with Crippen LogP contribution in [0.3, 0.4) is 0 Å². The zero-order valence-electron chi connectivity index (χ0n) is 12.0. The van der Waals surface area contributed by atoms with Crippen molar-refractivity contribution in [3.8, 4) is 0 Å². The van der Waals surface area contributed by atoms with E-state index in [1.165, 1.54) is 0 Å². The van der Waals surface area contributed by atoms with Crippen molar-refractivity contribution in [1.82, 2.24) is 15.1 Å². The predicted octanol–water partition coefficient (Wildman–Crippen LogP) is 0.139. The van der Waals surface area contributed by atoms with E-state index in [0.717, 1.165) is 38.5 Å². The number of carbonyl (C=O) groups is 1. The number of hydrogen-bond donors (Lipinski definition) is 2. The van der Waals surface area contributed by atoms with Gasteiger partial charge in [0.1, 0.15) is 5.76 Å². The lowest BCUT2D eigenvalue weighted by Crippen LogP contribution is -2.46. The molecule has 0 saturated carbocycles. The van der Waals surface area contributed by atoms with Crippen LogP contribution in [0.4, 0.5) is 0 Å². The summed E-state index contributed by atoms with van der Waals surface area (Å²) in [5.41, 5.74) is 0. The highest BCUT2D eigenvalue weighted by atomic mass is 16.4. The molecule has 2 rings (SSSR count). The van der Waals surface area contributed by atoms with E-state index < -0.39 is 0 Å². The van der Waals surface area contributed by atoms with Gasteiger partial charge in [-0.15, -0.1) is 0 Å². The maximum atomic E-state index is 12.2. The van der Waals surface area contributed by atoms with Crippen LogP contribution in [-0.2, 0) is 6.54 Å². The average molecular weight is 281 g/mol. The lowest BCUT2D eigenvalue weighted by molar-refractivity contribution is 0.0699. The van der Waals surface area contributed by atoms with Crippen LogP contribution in [0.15, 0.2) is 16.5 Å². The fourth-order valence-corrected chi connectivity index (χ4v) is 2.31. The summed E-state index contributed by atoms with van der Waals surface area (Å²) < 4.78 is 5.64. The van der Waals surface area contributed by atoms with Crippen molar-refractivity contribution in [3.63, 3.8) is 0 Å². The Hall–Kier alpha value is -1.37. The lowest BCUT2D eigenvalue weighted by Gasteiger charge is -2.26. The minimum Gasteiger partial charge on any atom is -0.455 e. The van der Waals surface area contributed by atoms with Crippen LogP contribution >= 0.6 is 0 Å². The molecule has 1 amide bonds. The Morgan fingerprint density at radius 3 is 2.85 bits per heavy atom. The van der Waals surface area contributed by atoms with Gasteiger partial charge in [0, 0.05) is 32.7 Å². The summed E-state index contributed by atoms with van der Waals surface area (Å²) in [6, 6.07) is 3.59. The van der Waals surface area contributed by atoms with Crippen LogP contribution in [-0.4, -0.2) is 66.7 Å². The molecule has 0 bridgehead atoms. The van der Waals surface area contributed by atoms with Crippen LogP contribution in [0.5, 0.6) is 0 Å². The van der Waals surface area contributed by atoms with E-state index in [1.807, 2.05) is 17.9 Å². The van der Waals surface area contributed by atoms with E-state index in [9.17, 15) is 4.79 Å². The van der Waals surface area contributed by atoms with Gasteiger partial charge in [-0.1, -0.05) is 6.92 Å². The van der Waals surface area contributed by atoms with Crippen molar-refractivity contribution in [2.45, 2.75) is 13.5 Å². The van der Waals surface area contributed by atoms with Gasteiger partial charge in [-0.25, -0.2) is 0 Å². The molecule has 112 valence electrons. The first-order valence-electron chi connectivity index (χ1n) is 7.16. The summed E-state index contributed by atoms with van der Waals surface area (Å²) in [6.07, 6.45) is 0. The number of aliphatic hydroxyl groups excluding tert-OH is 1. The van der Waals surface area contributed by atoms with Crippen molar-refractivity contribution in [3.05, 3.63) is 23.7 Å². The van der Waals surface area contributed by atoms with Crippen molar-refractivity contribution >= 4 is 5.91 Å². The summed E-state index contributed by atoms with van der Waals surface area (Å²) in [5, 5.41) is 12.2. The monoisotopic (exact) mass is 281 g/mol. The Balaban J connectivity index is 1.95. The first kappa shape index (κ1) is 15.0. The Morgan fingerprint density at radius 2 is 2.20 bits per heavy atom. The van der Waals surface area contributed by atoms with Gasteiger partial charge < -0.3 is 19.7 Å². The molecule has 1 aliphatic rings. The van der Waals surface area contributed by atoms with Gasteiger partial charge in [-0.3, -0.25) is 9.69 Å². The maximum Gasteiger partial charge on any atom is 0.289 e. The van der Waals surface area contributed by atoms with Gasteiger partial charge in [-0.05, 0) is 18.7 Å². The van der Waals surface area contributed by atoms with Gasteiger partial charge in [0.25, 0.3) is 5.91 Å². The minimum atomic E-state index is -0.0389. The van der Waals surface area contributed by atoms with Gasteiger partial charge >= 0.3 is 0 Å². The standard InChI is InChI=1S/C14H23N3O3/c1-2-16(9-10-18)11-12-3-4-13(20-12)14(19)17-7-5-15-6-8-17/h3-4,15,18H,2,5-11H2,1H3. The number of nitrogens with one attached hydrogen (secondary N) is 1. The molecule has 6 nitrogen and oxygen atoms in total. The molecule has 1 aromatic heterocycles. The summed E-state index contributed by atoms with van der Waals surface area (Å²) in [5.74, 6) is 1.13. The first-order valence-corrected chi connectivity index (χ1v) is 7.16. The molecule has 1 aromatic rings. The van der Waals surface area contributed by atoms with Crippen molar-refractivity contribution in [2.24, 2.45) is 0 Å². The first-order chi connectivity index (χ1) is 9.74. The molecule has 0 aromatic carbocycles. The Morgan fingerprint density at radius 1 is 1.45 bits per heavy atom. The number of piperazine rings is 1. The fraction of sp³-hybridized carbons (Fsp3) is 0.643. The predicted molar refractivity (Wildman–Crippen MR) is 75.5 cm³/mol. The molecule has 0 aliphatic carbocycles. The van der Waals surface area contributed by atoms with Crippen LogP contribution in [0.2, 0.25) is 0 Å². The molecule has 1 saturated heterocycles. The molecule has 0 unspecified atom stereocenters. The quantitative estimate of drug-likeness (QED) is 0.776. The molecular weight excluding hydrogens is 258 g/mol. The third-order valence-corrected chi connectivity index (χ3v) is 3.52. The number of furan rings is 1. The molecule has 6 heteroatoms. The van der Waals surface area contributed by atoms with E-state index >= 15 is 0 Å². The van der Waals surface area contributed by atoms with Crippen molar-refractivity contribution in [1.29, 1.82) is 0 Å². The maximum absolute atomic E-state index is 12.2. The lowest BCUT2D eigenvalue weighted by atomic mass is 10.3. The molecule has 2 heterocycles. The van der Waals surface area contributed by atoms with Crippen LogP contribution < -0.4 is 5.32 Å². The number of carbonyl (C=O) groups excluding carboxylic acids is 1. The number of aliphatic hydroxyl groups is 1. The third kappa shape index (κ3) is 3.82. The minimum absolute atomic E-state index is 0.0389. The summed E-state index contributed by atoms with van der Waals surface area (Å²) in [4.78, 5) is 16.1. The highest BCUT2D eigenvalue weighted by Gasteiger charge is 2.21. The second-order valence-electron chi connectivity index (χ2n) is 4.90. The zero-order chi connectivity index (χ0) is 14.4.